The molecule has 1 amide bonds. The highest BCUT2D eigenvalue weighted by Gasteiger charge is 2.46. The molecule has 24 heavy (non-hydrogen) atoms. The summed E-state index contributed by atoms with van der Waals surface area (Å²) in [7, 11) is 0. The van der Waals surface area contributed by atoms with E-state index in [9.17, 15) is 4.79 Å². The van der Waals surface area contributed by atoms with Crippen LogP contribution in [0.15, 0.2) is 36.2 Å². The third kappa shape index (κ3) is 3.05. The van der Waals surface area contributed by atoms with Crippen LogP contribution in [0.5, 0.6) is 5.75 Å². The van der Waals surface area contributed by atoms with Gasteiger partial charge in [0, 0.05) is 18.3 Å². The van der Waals surface area contributed by atoms with Crippen LogP contribution in [0.4, 0.5) is 0 Å². The molecule has 128 valence electrons. The van der Waals surface area contributed by atoms with E-state index in [-0.39, 0.29) is 24.2 Å². The summed E-state index contributed by atoms with van der Waals surface area (Å²) in [6.07, 6.45) is 11.7. The number of hydrogen-bond acceptors (Lipinski definition) is 4. The lowest BCUT2D eigenvalue weighted by Gasteiger charge is -2.39. The van der Waals surface area contributed by atoms with Crippen LogP contribution in [-0.2, 0) is 9.53 Å². The smallest absolute Gasteiger partial charge is 0.249 e. The first kappa shape index (κ1) is 15.6. The van der Waals surface area contributed by atoms with Crippen molar-refractivity contribution in [1.82, 2.24) is 9.88 Å². The second-order valence-corrected chi connectivity index (χ2v) is 6.80. The van der Waals surface area contributed by atoms with Gasteiger partial charge in [-0.1, -0.05) is 6.08 Å². The monoisotopic (exact) mass is 328 g/mol. The molecule has 0 aromatic carbocycles. The molecule has 0 N–H and O–H groups in total. The Bertz CT molecular complexity index is 616. The normalized spacial score (nSPS) is 29.8. The summed E-state index contributed by atoms with van der Waals surface area (Å²) in [5.41, 5.74) is 0.999. The van der Waals surface area contributed by atoms with Crippen LogP contribution in [0.1, 0.15) is 38.5 Å². The van der Waals surface area contributed by atoms with Crippen molar-refractivity contribution in [2.45, 2.75) is 56.8 Å². The lowest BCUT2D eigenvalue weighted by molar-refractivity contribution is -0.143. The van der Waals surface area contributed by atoms with E-state index < -0.39 is 0 Å². The van der Waals surface area contributed by atoms with Gasteiger partial charge in [-0.15, -0.1) is 0 Å². The molecule has 3 atom stereocenters. The molecule has 0 unspecified atom stereocenters. The first-order chi connectivity index (χ1) is 11.8. The second kappa shape index (κ2) is 6.93. The van der Waals surface area contributed by atoms with Gasteiger partial charge < -0.3 is 14.4 Å². The Kier molecular flexibility index (Phi) is 4.52. The Labute approximate surface area is 142 Å². The number of morpholine rings is 1. The van der Waals surface area contributed by atoms with Gasteiger partial charge in [-0.25, -0.2) is 0 Å². The van der Waals surface area contributed by atoms with E-state index in [1.54, 1.807) is 12.4 Å². The summed E-state index contributed by atoms with van der Waals surface area (Å²) in [5.74, 6) is 0.986. The van der Waals surface area contributed by atoms with E-state index >= 15 is 0 Å². The van der Waals surface area contributed by atoms with Crippen molar-refractivity contribution in [3.8, 4) is 5.75 Å². The van der Waals surface area contributed by atoms with Crippen LogP contribution >= 0.6 is 0 Å². The van der Waals surface area contributed by atoms with Gasteiger partial charge in [0.25, 0.3) is 0 Å². The third-order valence-corrected chi connectivity index (χ3v) is 5.28. The summed E-state index contributed by atoms with van der Waals surface area (Å²) < 4.78 is 12.1. The van der Waals surface area contributed by atoms with E-state index in [1.165, 1.54) is 6.42 Å². The van der Waals surface area contributed by atoms with Crippen LogP contribution in [0, 0.1) is 0 Å². The van der Waals surface area contributed by atoms with Crippen molar-refractivity contribution in [1.29, 1.82) is 0 Å². The Morgan fingerprint density at radius 2 is 2.29 bits per heavy atom. The fourth-order valence-electron chi connectivity index (χ4n) is 4.10. The molecule has 5 nitrogen and oxygen atoms in total. The summed E-state index contributed by atoms with van der Waals surface area (Å²) in [5, 5.41) is 0. The highest BCUT2D eigenvalue weighted by molar-refractivity contribution is 5.93. The molecule has 4 rings (SSSR count). The number of nitrogens with zero attached hydrogens (tertiary/aromatic N) is 2. The van der Waals surface area contributed by atoms with E-state index in [2.05, 4.69) is 11.1 Å². The maximum Gasteiger partial charge on any atom is 0.249 e. The largest absolute Gasteiger partial charge is 0.486 e. The van der Waals surface area contributed by atoms with Crippen LogP contribution in [0.25, 0.3) is 0 Å². The van der Waals surface area contributed by atoms with E-state index in [0.717, 1.165) is 43.4 Å². The number of aromatic nitrogens is 1. The van der Waals surface area contributed by atoms with Gasteiger partial charge in [0.15, 0.2) is 0 Å². The topological polar surface area (TPSA) is 51.7 Å². The Morgan fingerprint density at radius 3 is 3.08 bits per heavy atom. The first-order valence-electron chi connectivity index (χ1n) is 9.01. The van der Waals surface area contributed by atoms with Gasteiger partial charge in [-0.05, 0) is 50.7 Å². The Morgan fingerprint density at radius 1 is 1.33 bits per heavy atom. The second-order valence-electron chi connectivity index (χ2n) is 6.80. The predicted octanol–water partition coefficient (Wildman–Crippen LogP) is 2.72. The van der Waals surface area contributed by atoms with Gasteiger partial charge in [0.1, 0.15) is 18.0 Å². The van der Waals surface area contributed by atoms with Crippen molar-refractivity contribution in [3.05, 3.63) is 36.2 Å². The van der Waals surface area contributed by atoms with Crippen molar-refractivity contribution in [2.24, 2.45) is 0 Å². The van der Waals surface area contributed by atoms with Gasteiger partial charge >= 0.3 is 0 Å². The first-order valence-corrected chi connectivity index (χ1v) is 9.01. The number of allylic oxidation sites excluding steroid dienone is 1. The van der Waals surface area contributed by atoms with Gasteiger partial charge in [0.05, 0.1) is 18.8 Å². The summed E-state index contributed by atoms with van der Waals surface area (Å²) in [6, 6.07) is 3.92. The minimum absolute atomic E-state index is 0.00450. The van der Waals surface area contributed by atoms with Crippen LogP contribution in [0.3, 0.4) is 0 Å². The molecule has 3 aliphatic rings. The van der Waals surface area contributed by atoms with Gasteiger partial charge in [-0.2, -0.15) is 0 Å². The van der Waals surface area contributed by atoms with Crippen LogP contribution in [0.2, 0.25) is 0 Å². The van der Waals surface area contributed by atoms with Gasteiger partial charge in [-0.3, -0.25) is 9.78 Å². The molecule has 2 aliphatic carbocycles. The SMILES string of the molecule is O=C(C1=CCCCC1)N1CCO[C@H]2[C@H](Oc3cccnc3)CC[C@@H]21. The van der Waals surface area contributed by atoms with E-state index in [1.807, 2.05) is 17.0 Å². The molecular formula is C19H24N2O3. The fraction of sp³-hybridized carbons (Fsp3) is 0.579. The molecule has 0 radical (unpaired) electrons. The number of amides is 1. The minimum Gasteiger partial charge on any atom is -0.486 e. The molecule has 1 aromatic heterocycles. The van der Waals surface area contributed by atoms with Crippen molar-refractivity contribution in [3.63, 3.8) is 0 Å². The average molecular weight is 328 g/mol. The number of carbonyl (C=O) groups is 1. The van der Waals surface area contributed by atoms with Crippen molar-refractivity contribution in [2.75, 3.05) is 13.2 Å². The lowest BCUT2D eigenvalue weighted by Crippen LogP contribution is -2.54. The zero-order chi connectivity index (χ0) is 16.4. The minimum atomic E-state index is -0.0351. The Hall–Kier alpha value is -1.88. The summed E-state index contributed by atoms with van der Waals surface area (Å²) in [4.78, 5) is 19.0. The maximum atomic E-state index is 12.9. The third-order valence-electron chi connectivity index (χ3n) is 5.28. The fourth-order valence-corrected chi connectivity index (χ4v) is 4.10. The molecule has 2 fully saturated rings. The average Bonchev–Trinajstić information content (AvgIpc) is 3.06. The Balaban J connectivity index is 1.46. The zero-order valence-corrected chi connectivity index (χ0v) is 13.9. The number of rotatable bonds is 3. The van der Waals surface area contributed by atoms with Crippen molar-refractivity contribution < 1.29 is 14.3 Å². The molecule has 0 bridgehead atoms. The number of hydrogen-bond donors (Lipinski definition) is 0. The molecule has 0 spiro atoms. The molecule has 2 heterocycles. The highest BCUT2D eigenvalue weighted by atomic mass is 16.5. The summed E-state index contributed by atoms with van der Waals surface area (Å²) >= 11 is 0. The molecule has 1 saturated carbocycles. The maximum absolute atomic E-state index is 12.9. The zero-order valence-electron chi connectivity index (χ0n) is 13.9. The lowest BCUT2D eigenvalue weighted by atomic mass is 9.97. The van der Waals surface area contributed by atoms with Crippen LogP contribution < -0.4 is 4.74 Å². The molecule has 1 aliphatic heterocycles. The number of carbonyl (C=O) groups excluding carboxylic acids is 1. The molecule has 1 saturated heterocycles. The van der Waals surface area contributed by atoms with Crippen LogP contribution in [-0.4, -0.2) is 47.2 Å². The number of fused-ring (bicyclic) bond motifs is 1. The number of ether oxygens (including phenoxy) is 2. The van der Waals surface area contributed by atoms with Gasteiger partial charge in [0.2, 0.25) is 5.91 Å². The standard InChI is InChI=1S/C19H24N2O3/c22-19(14-5-2-1-3-6-14)21-11-12-23-18-16(21)8-9-17(18)24-15-7-4-10-20-13-15/h4-5,7,10,13,16-18H,1-3,6,8-9,11-12H2/t16-,17+,18+/m0/s1. The quantitative estimate of drug-likeness (QED) is 0.856. The summed E-state index contributed by atoms with van der Waals surface area (Å²) in [6.45, 7) is 1.28. The van der Waals surface area contributed by atoms with E-state index in [4.69, 9.17) is 9.47 Å². The highest BCUT2D eigenvalue weighted by Crippen LogP contribution is 2.34. The number of pyridine rings is 1. The molecular weight excluding hydrogens is 304 g/mol. The predicted molar refractivity (Wildman–Crippen MR) is 89.7 cm³/mol. The van der Waals surface area contributed by atoms with E-state index in [0.29, 0.717) is 13.2 Å². The molecule has 5 heteroatoms. The van der Waals surface area contributed by atoms with Crippen molar-refractivity contribution >= 4 is 5.91 Å². The molecule has 1 aromatic rings.